The number of hydrogen-bond acceptors (Lipinski definition) is 4. The number of sulfonamides is 1. The number of rotatable bonds is 7. The maximum absolute atomic E-state index is 12.2. The summed E-state index contributed by atoms with van der Waals surface area (Å²) < 4.78 is 61.0. The van der Waals surface area contributed by atoms with Crippen molar-refractivity contribution >= 4 is 31.9 Å². The SMILES string of the molecule is O=C(NCC1CCN(CCNS(=O)(=O)C(F)(F)F)CC1)c1cccc(Br)c1. The second-order valence-electron chi connectivity index (χ2n) is 6.35. The van der Waals surface area contributed by atoms with E-state index in [0.717, 1.165) is 17.3 Å². The lowest BCUT2D eigenvalue weighted by atomic mass is 9.96. The molecule has 1 aromatic rings. The van der Waals surface area contributed by atoms with Gasteiger partial charge in [-0.1, -0.05) is 22.0 Å². The van der Waals surface area contributed by atoms with Crippen molar-refractivity contribution in [2.45, 2.75) is 18.3 Å². The van der Waals surface area contributed by atoms with Crippen LogP contribution in [0.4, 0.5) is 13.2 Å². The van der Waals surface area contributed by atoms with Crippen molar-refractivity contribution in [3.05, 3.63) is 34.3 Å². The number of benzene rings is 1. The van der Waals surface area contributed by atoms with Crippen molar-refractivity contribution in [1.29, 1.82) is 0 Å². The van der Waals surface area contributed by atoms with Crippen LogP contribution >= 0.6 is 15.9 Å². The Hall–Kier alpha value is -1.17. The summed E-state index contributed by atoms with van der Waals surface area (Å²) in [5.74, 6) is 0.129. The second-order valence-corrected chi connectivity index (χ2v) is 9.02. The molecule has 0 bridgehead atoms. The third-order valence-electron chi connectivity index (χ3n) is 4.37. The summed E-state index contributed by atoms with van der Waals surface area (Å²) in [6, 6.07) is 7.08. The fourth-order valence-corrected chi connectivity index (χ4v) is 3.73. The average Bonchev–Trinajstić information content (AvgIpc) is 2.59. The molecule has 11 heteroatoms. The van der Waals surface area contributed by atoms with Gasteiger partial charge in [0.1, 0.15) is 0 Å². The smallest absolute Gasteiger partial charge is 0.352 e. The highest BCUT2D eigenvalue weighted by Crippen LogP contribution is 2.21. The fraction of sp³-hybridized carbons (Fsp3) is 0.562. The van der Waals surface area contributed by atoms with E-state index in [2.05, 4.69) is 21.2 Å². The molecule has 0 saturated carbocycles. The van der Waals surface area contributed by atoms with Gasteiger partial charge in [0.15, 0.2) is 0 Å². The van der Waals surface area contributed by atoms with E-state index in [1.165, 1.54) is 0 Å². The first-order chi connectivity index (χ1) is 12.6. The minimum atomic E-state index is -5.29. The predicted molar refractivity (Wildman–Crippen MR) is 98.6 cm³/mol. The Morgan fingerprint density at radius 3 is 2.52 bits per heavy atom. The lowest BCUT2D eigenvalue weighted by Crippen LogP contribution is -2.44. The maximum Gasteiger partial charge on any atom is 0.511 e. The first kappa shape index (κ1) is 22.1. The summed E-state index contributed by atoms with van der Waals surface area (Å²) in [6.45, 7) is 1.74. The molecular weight excluding hydrogens is 451 g/mol. The molecule has 2 rings (SSSR count). The predicted octanol–water partition coefficient (Wildman–Crippen LogP) is 2.33. The average molecular weight is 472 g/mol. The first-order valence-corrected chi connectivity index (χ1v) is 10.7. The van der Waals surface area contributed by atoms with E-state index in [-0.39, 0.29) is 24.9 Å². The molecule has 0 radical (unpaired) electrons. The molecule has 2 N–H and O–H groups in total. The van der Waals surface area contributed by atoms with E-state index in [4.69, 9.17) is 0 Å². The number of carbonyl (C=O) groups excluding carboxylic acids is 1. The normalized spacial score (nSPS) is 17.0. The van der Waals surface area contributed by atoms with E-state index in [1.807, 2.05) is 11.0 Å². The Balaban J connectivity index is 1.67. The number of nitrogens with zero attached hydrogens (tertiary/aromatic N) is 1. The molecule has 1 fully saturated rings. The van der Waals surface area contributed by atoms with Gasteiger partial charge in [0.05, 0.1) is 0 Å². The summed E-state index contributed by atoms with van der Waals surface area (Å²) in [5.41, 5.74) is -4.72. The molecule has 0 unspecified atom stereocenters. The standard InChI is InChI=1S/C16H21BrF3N3O3S/c17-14-3-1-2-13(10-14)15(24)21-11-12-4-7-23(8-5-12)9-6-22-27(25,26)16(18,19)20/h1-3,10,12,22H,4-9,11H2,(H,21,24). The highest BCUT2D eigenvalue weighted by molar-refractivity contribution is 9.10. The molecular formula is C16H21BrF3N3O3S. The van der Waals surface area contributed by atoms with Gasteiger partial charge in [-0.3, -0.25) is 4.79 Å². The van der Waals surface area contributed by atoms with Crippen molar-refractivity contribution < 1.29 is 26.4 Å². The molecule has 0 aliphatic carbocycles. The molecule has 1 saturated heterocycles. The summed E-state index contributed by atoms with van der Waals surface area (Å²) >= 11 is 3.32. The number of carbonyl (C=O) groups is 1. The third-order valence-corrected chi connectivity index (χ3v) is 6.06. The summed E-state index contributed by atoms with van der Waals surface area (Å²) in [4.78, 5) is 14.0. The molecule has 0 spiro atoms. The summed E-state index contributed by atoms with van der Waals surface area (Å²) in [7, 11) is -5.28. The molecule has 27 heavy (non-hydrogen) atoms. The molecule has 0 atom stereocenters. The Labute approximate surface area is 164 Å². The van der Waals surface area contributed by atoms with Crippen LogP contribution in [0.2, 0.25) is 0 Å². The van der Waals surface area contributed by atoms with Gasteiger partial charge in [-0.15, -0.1) is 0 Å². The van der Waals surface area contributed by atoms with Crippen molar-refractivity contribution in [1.82, 2.24) is 14.9 Å². The van der Waals surface area contributed by atoms with Crippen LogP contribution in [0.15, 0.2) is 28.7 Å². The molecule has 1 amide bonds. The van der Waals surface area contributed by atoms with Crippen molar-refractivity contribution in [2.24, 2.45) is 5.92 Å². The zero-order chi connectivity index (χ0) is 20.1. The Kier molecular flexibility index (Phi) is 7.66. The molecule has 0 aromatic heterocycles. The monoisotopic (exact) mass is 471 g/mol. The van der Waals surface area contributed by atoms with Crippen LogP contribution in [0.5, 0.6) is 0 Å². The molecule has 152 valence electrons. The Morgan fingerprint density at radius 1 is 1.26 bits per heavy atom. The van der Waals surface area contributed by atoms with Crippen LogP contribution in [0, 0.1) is 5.92 Å². The zero-order valence-corrected chi connectivity index (χ0v) is 16.8. The fourth-order valence-electron chi connectivity index (χ4n) is 2.80. The van der Waals surface area contributed by atoms with E-state index < -0.39 is 15.5 Å². The first-order valence-electron chi connectivity index (χ1n) is 8.40. The van der Waals surface area contributed by atoms with Gasteiger partial charge < -0.3 is 10.2 Å². The van der Waals surface area contributed by atoms with Crippen LogP contribution in [0.3, 0.4) is 0 Å². The minimum Gasteiger partial charge on any atom is -0.352 e. The Morgan fingerprint density at radius 2 is 1.93 bits per heavy atom. The van der Waals surface area contributed by atoms with Crippen LogP contribution < -0.4 is 10.0 Å². The number of piperidine rings is 1. The van der Waals surface area contributed by atoms with Crippen molar-refractivity contribution in [3.63, 3.8) is 0 Å². The van der Waals surface area contributed by atoms with E-state index in [1.54, 1.807) is 22.9 Å². The highest BCUT2D eigenvalue weighted by Gasteiger charge is 2.45. The van der Waals surface area contributed by atoms with Crippen LogP contribution in [-0.4, -0.2) is 57.5 Å². The minimum absolute atomic E-state index is 0.153. The summed E-state index contributed by atoms with van der Waals surface area (Å²) in [5, 5.41) is 2.90. The number of amides is 1. The van der Waals surface area contributed by atoms with E-state index in [0.29, 0.717) is 25.2 Å². The molecule has 1 aliphatic heterocycles. The highest BCUT2D eigenvalue weighted by atomic mass is 79.9. The maximum atomic E-state index is 12.2. The lowest BCUT2D eigenvalue weighted by molar-refractivity contribution is -0.0448. The van der Waals surface area contributed by atoms with Gasteiger partial charge in [-0.05, 0) is 50.0 Å². The Bertz CT molecular complexity index is 751. The number of hydrogen-bond donors (Lipinski definition) is 2. The molecule has 1 heterocycles. The number of likely N-dealkylation sites (tertiary alicyclic amines) is 1. The summed E-state index contributed by atoms with van der Waals surface area (Å²) in [6.07, 6.45) is 1.57. The van der Waals surface area contributed by atoms with Gasteiger partial charge in [-0.2, -0.15) is 13.2 Å². The largest absolute Gasteiger partial charge is 0.511 e. The van der Waals surface area contributed by atoms with E-state index >= 15 is 0 Å². The van der Waals surface area contributed by atoms with E-state index in [9.17, 15) is 26.4 Å². The number of alkyl halides is 3. The second kappa shape index (κ2) is 9.35. The third kappa shape index (κ3) is 6.74. The van der Waals surface area contributed by atoms with Crippen LogP contribution in [-0.2, 0) is 10.0 Å². The molecule has 6 nitrogen and oxygen atoms in total. The topological polar surface area (TPSA) is 78.5 Å². The van der Waals surface area contributed by atoms with Crippen LogP contribution in [0.1, 0.15) is 23.2 Å². The zero-order valence-electron chi connectivity index (χ0n) is 14.4. The lowest BCUT2D eigenvalue weighted by Gasteiger charge is -2.32. The van der Waals surface area contributed by atoms with Gasteiger partial charge in [0.25, 0.3) is 5.91 Å². The molecule has 1 aliphatic rings. The van der Waals surface area contributed by atoms with Gasteiger partial charge >= 0.3 is 15.5 Å². The van der Waals surface area contributed by atoms with Crippen molar-refractivity contribution in [2.75, 3.05) is 32.7 Å². The van der Waals surface area contributed by atoms with Crippen LogP contribution in [0.25, 0.3) is 0 Å². The van der Waals surface area contributed by atoms with Gasteiger partial charge in [-0.25, -0.2) is 13.1 Å². The number of nitrogens with one attached hydrogen (secondary N) is 2. The quantitative estimate of drug-likeness (QED) is 0.639. The molecule has 1 aromatic carbocycles. The van der Waals surface area contributed by atoms with Gasteiger partial charge in [0, 0.05) is 29.7 Å². The van der Waals surface area contributed by atoms with Crippen molar-refractivity contribution in [3.8, 4) is 0 Å². The van der Waals surface area contributed by atoms with Gasteiger partial charge in [0.2, 0.25) is 0 Å². The number of halogens is 4.